The highest BCUT2D eigenvalue weighted by Crippen LogP contribution is 2.36. The number of aromatic nitrogens is 2. The van der Waals surface area contributed by atoms with Crippen LogP contribution in [0.25, 0.3) is 5.52 Å². The summed E-state index contributed by atoms with van der Waals surface area (Å²) in [6.45, 7) is 4.72. The van der Waals surface area contributed by atoms with Gasteiger partial charge in [0.05, 0.1) is 24.0 Å². The Balaban J connectivity index is 1.75. The molecule has 1 aromatic carbocycles. The van der Waals surface area contributed by atoms with E-state index in [0.717, 1.165) is 66.1 Å². The number of fused-ring (bicyclic) bond motifs is 1. The molecule has 1 aliphatic carbocycles. The molecule has 1 aliphatic rings. The molecule has 1 saturated carbocycles. The third kappa shape index (κ3) is 4.30. The SMILES string of the molecule is CCOc1ccc(Nc2c(CC)c(NC3CCC(N)CC3)c(C#N)c3ccnn23)cc1. The fourth-order valence-corrected chi connectivity index (χ4v) is 4.35. The van der Waals surface area contributed by atoms with E-state index in [-0.39, 0.29) is 6.04 Å². The molecule has 3 aromatic rings. The van der Waals surface area contributed by atoms with Crippen molar-refractivity contribution < 1.29 is 4.74 Å². The van der Waals surface area contributed by atoms with Crippen LogP contribution in [0.5, 0.6) is 5.75 Å². The standard InChI is InChI=1S/C24H30N6O/c1-3-20-23(28-17-7-5-16(26)6-8-17)21(15-25)22-13-14-27-30(22)24(20)29-18-9-11-19(12-10-18)31-4-2/h9-14,16-17,28-29H,3-8,26H2,1-2H3. The second kappa shape index (κ2) is 9.27. The summed E-state index contributed by atoms with van der Waals surface area (Å²) >= 11 is 0. The van der Waals surface area contributed by atoms with Crippen LogP contribution in [0.2, 0.25) is 0 Å². The van der Waals surface area contributed by atoms with E-state index in [1.807, 2.05) is 41.8 Å². The molecule has 4 N–H and O–H groups in total. The molecular weight excluding hydrogens is 388 g/mol. The number of nitrogens with one attached hydrogen (secondary N) is 2. The summed E-state index contributed by atoms with van der Waals surface area (Å²) in [6.07, 6.45) is 6.55. The number of benzene rings is 1. The maximum Gasteiger partial charge on any atom is 0.137 e. The Morgan fingerprint density at radius 1 is 1.16 bits per heavy atom. The van der Waals surface area contributed by atoms with Crippen molar-refractivity contribution in [3.05, 3.63) is 47.7 Å². The van der Waals surface area contributed by atoms with Gasteiger partial charge in [-0.1, -0.05) is 6.92 Å². The first kappa shape index (κ1) is 21.0. The van der Waals surface area contributed by atoms with Gasteiger partial charge in [0.2, 0.25) is 0 Å². The minimum absolute atomic E-state index is 0.285. The predicted molar refractivity (Wildman–Crippen MR) is 124 cm³/mol. The van der Waals surface area contributed by atoms with Gasteiger partial charge in [-0.2, -0.15) is 10.4 Å². The number of nitrogens with two attached hydrogens (primary N) is 1. The molecule has 31 heavy (non-hydrogen) atoms. The highest BCUT2D eigenvalue weighted by molar-refractivity contribution is 5.82. The first-order chi connectivity index (χ1) is 15.1. The molecule has 0 spiro atoms. The van der Waals surface area contributed by atoms with Gasteiger partial charge >= 0.3 is 0 Å². The Bertz CT molecular complexity index is 1070. The van der Waals surface area contributed by atoms with Crippen LogP contribution in [0.15, 0.2) is 36.5 Å². The van der Waals surface area contributed by atoms with Crippen molar-refractivity contribution in [2.24, 2.45) is 5.73 Å². The number of hydrogen-bond acceptors (Lipinski definition) is 6. The first-order valence-corrected chi connectivity index (χ1v) is 11.1. The third-order valence-electron chi connectivity index (χ3n) is 5.96. The molecule has 2 heterocycles. The number of rotatable bonds is 7. The Hall–Kier alpha value is -3.24. The second-order valence-electron chi connectivity index (χ2n) is 8.01. The van der Waals surface area contributed by atoms with Crippen LogP contribution >= 0.6 is 0 Å². The number of anilines is 3. The highest BCUT2D eigenvalue weighted by atomic mass is 16.5. The molecule has 0 aliphatic heterocycles. The van der Waals surface area contributed by atoms with E-state index in [1.54, 1.807) is 6.20 Å². The van der Waals surface area contributed by atoms with E-state index in [2.05, 4.69) is 28.7 Å². The predicted octanol–water partition coefficient (Wildman–Crippen LogP) is 4.59. The van der Waals surface area contributed by atoms with Crippen LogP contribution in [-0.4, -0.2) is 28.3 Å². The Morgan fingerprint density at radius 2 is 1.90 bits per heavy atom. The Kier molecular flexibility index (Phi) is 6.28. The lowest BCUT2D eigenvalue weighted by Crippen LogP contribution is -2.33. The number of hydrogen-bond donors (Lipinski definition) is 3. The fourth-order valence-electron chi connectivity index (χ4n) is 4.35. The summed E-state index contributed by atoms with van der Waals surface area (Å²) in [4.78, 5) is 0. The molecule has 4 rings (SSSR count). The summed E-state index contributed by atoms with van der Waals surface area (Å²) in [5, 5.41) is 21.7. The largest absolute Gasteiger partial charge is 0.494 e. The maximum absolute atomic E-state index is 10.0. The van der Waals surface area contributed by atoms with Crippen molar-refractivity contribution in [3.63, 3.8) is 0 Å². The van der Waals surface area contributed by atoms with Crippen LogP contribution in [0, 0.1) is 11.3 Å². The van der Waals surface area contributed by atoms with Gasteiger partial charge in [0.1, 0.15) is 23.2 Å². The van der Waals surface area contributed by atoms with E-state index in [0.29, 0.717) is 18.2 Å². The molecule has 0 bridgehead atoms. The zero-order chi connectivity index (χ0) is 21.8. The van der Waals surface area contributed by atoms with Crippen LogP contribution in [0.3, 0.4) is 0 Å². The second-order valence-corrected chi connectivity index (χ2v) is 8.01. The fraction of sp³-hybridized carbons (Fsp3) is 0.417. The van der Waals surface area contributed by atoms with Gasteiger partial charge in [-0.3, -0.25) is 0 Å². The summed E-state index contributed by atoms with van der Waals surface area (Å²) in [5.74, 6) is 1.71. The monoisotopic (exact) mass is 418 g/mol. The molecule has 0 saturated heterocycles. The zero-order valence-electron chi connectivity index (χ0n) is 18.2. The molecule has 7 nitrogen and oxygen atoms in total. The smallest absolute Gasteiger partial charge is 0.137 e. The van der Waals surface area contributed by atoms with E-state index < -0.39 is 0 Å². The van der Waals surface area contributed by atoms with Crippen molar-refractivity contribution in [1.82, 2.24) is 9.61 Å². The van der Waals surface area contributed by atoms with Gasteiger partial charge < -0.3 is 21.1 Å². The average molecular weight is 419 g/mol. The van der Waals surface area contributed by atoms with E-state index in [1.165, 1.54) is 0 Å². The minimum Gasteiger partial charge on any atom is -0.494 e. The summed E-state index contributed by atoms with van der Waals surface area (Å²) in [6, 6.07) is 12.8. The lowest BCUT2D eigenvalue weighted by molar-refractivity contribution is 0.340. The lowest BCUT2D eigenvalue weighted by Gasteiger charge is -2.29. The molecule has 2 aromatic heterocycles. The molecule has 1 fully saturated rings. The van der Waals surface area contributed by atoms with E-state index in [9.17, 15) is 5.26 Å². The van der Waals surface area contributed by atoms with Gasteiger partial charge in [0.15, 0.2) is 0 Å². The van der Waals surface area contributed by atoms with Crippen molar-refractivity contribution >= 4 is 22.7 Å². The normalized spacial score (nSPS) is 18.5. The van der Waals surface area contributed by atoms with E-state index >= 15 is 0 Å². The molecule has 0 unspecified atom stereocenters. The number of nitriles is 1. The van der Waals surface area contributed by atoms with Gasteiger partial charge in [0, 0.05) is 23.3 Å². The molecule has 0 radical (unpaired) electrons. The number of nitrogens with zero attached hydrogens (tertiary/aromatic N) is 3. The first-order valence-electron chi connectivity index (χ1n) is 11.1. The summed E-state index contributed by atoms with van der Waals surface area (Å²) in [5.41, 5.74) is 10.4. The van der Waals surface area contributed by atoms with Crippen LogP contribution < -0.4 is 21.1 Å². The van der Waals surface area contributed by atoms with Crippen molar-refractivity contribution in [3.8, 4) is 11.8 Å². The maximum atomic E-state index is 10.0. The molecule has 7 heteroatoms. The van der Waals surface area contributed by atoms with Gasteiger partial charge in [-0.05, 0) is 69.4 Å². The van der Waals surface area contributed by atoms with E-state index in [4.69, 9.17) is 10.5 Å². The van der Waals surface area contributed by atoms with Crippen LogP contribution in [0.4, 0.5) is 17.2 Å². The summed E-state index contributed by atoms with van der Waals surface area (Å²) in [7, 11) is 0. The van der Waals surface area contributed by atoms with Crippen molar-refractivity contribution in [1.29, 1.82) is 5.26 Å². The lowest BCUT2D eigenvalue weighted by atomic mass is 9.91. The van der Waals surface area contributed by atoms with Gasteiger partial charge in [-0.25, -0.2) is 4.52 Å². The molecule has 0 atom stereocenters. The van der Waals surface area contributed by atoms with Crippen molar-refractivity contribution in [2.45, 2.75) is 58.0 Å². The van der Waals surface area contributed by atoms with Crippen LogP contribution in [-0.2, 0) is 6.42 Å². The van der Waals surface area contributed by atoms with Gasteiger partial charge in [-0.15, -0.1) is 0 Å². The zero-order valence-corrected chi connectivity index (χ0v) is 18.2. The van der Waals surface area contributed by atoms with Gasteiger partial charge in [0.25, 0.3) is 0 Å². The molecular formula is C24H30N6O. The topological polar surface area (TPSA) is 100 Å². The molecule has 162 valence electrons. The Labute approximate surface area is 183 Å². The average Bonchev–Trinajstić information content (AvgIpc) is 3.27. The number of pyridine rings is 1. The number of ether oxygens (including phenoxy) is 1. The molecule has 0 amide bonds. The van der Waals surface area contributed by atoms with Crippen LogP contribution in [0.1, 0.15) is 50.7 Å². The minimum atomic E-state index is 0.285. The quantitative estimate of drug-likeness (QED) is 0.519. The summed E-state index contributed by atoms with van der Waals surface area (Å²) < 4.78 is 7.38. The third-order valence-corrected chi connectivity index (χ3v) is 5.96. The highest BCUT2D eigenvalue weighted by Gasteiger charge is 2.24. The Morgan fingerprint density at radius 3 is 2.55 bits per heavy atom. The van der Waals surface area contributed by atoms with Crippen molar-refractivity contribution in [2.75, 3.05) is 17.2 Å².